The fraction of sp³-hybridized carbons (Fsp3) is 0.381. The molecule has 1 aliphatic heterocycles. The van der Waals surface area contributed by atoms with Crippen LogP contribution in [0.5, 0.6) is 0 Å². The molecule has 1 aliphatic rings. The topological polar surface area (TPSA) is 57.7 Å². The summed E-state index contributed by atoms with van der Waals surface area (Å²) in [4.78, 5) is 14.8. The van der Waals surface area contributed by atoms with Crippen LogP contribution in [0.1, 0.15) is 31.4 Å². The van der Waals surface area contributed by atoms with Crippen LogP contribution in [-0.4, -0.2) is 38.3 Å². The van der Waals surface area contributed by atoms with Crippen molar-refractivity contribution in [3.63, 3.8) is 0 Å². The van der Waals surface area contributed by atoms with Crippen LogP contribution in [0.15, 0.2) is 51.8 Å². The quantitative estimate of drug-likeness (QED) is 0.621. The van der Waals surface area contributed by atoms with E-state index < -0.39 is 10.0 Å². The Bertz CT molecular complexity index is 971. The van der Waals surface area contributed by atoms with Gasteiger partial charge in [0, 0.05) is 36.2 Å². The molecule has 7 heteroatoms. The normalized spacial score (nSPS) is 13.8. The maximum Gasteiger partial charge on any atom is 0.243 e. The number of hydrogen-bond donors (Lipinski definition) is 0. The number of halogens is 1. The van der Waals surface area contributed by atoms with Crippen molar-refractivity contribution in [3.05, 3.63) is 58.1 Å². The molecule has 0 unspecified atom stereocenters. The zero-order valence-electron chi connectivity index (χ0n) is 16.2. The van der Waals surface area contributed by atoms with Crippen molar-refractivity contribution >= 4 is 37.5 Å². The standard InChI is InChI=1S/C21H25BrN2O3S/c1-3-23(4-2)28(26,27)19-9-10-20-17(15-19)12-13-24(20)21(25)11-8-16-6-5-7-18(22)14-16/h5-7,9-10,14-15H,3-4,8,11-13H2,1-2H3. The summed E-state index contributed by atoms with van der Waals surface area (Å²) >= 11 is 3.45. The van der Waals surface area contributed by atoms with Gasteiger partial charge in [0.05, 0.1) is 4.90 Å². The van der Waals surface area contributed by atoms with Gasteiger partial charge < -0.3 is 4.90 Å². The first-order valence-electron chi connectivity index (χ1n) is 9.54. The molecule has 0 spiro atoms. The van der Waals surface area contributed by atoms with Crippen LogP contribution in [0.3, 0.4) is 0 Å². The van der Waals surface area contributed by atoms with Gasteiger partial charge in [0.2, 0.25) is 15.9 Å². The summed E-state index contributed by atoms with van der Waals surface area (Å²) in [7, 11) is -3.49. The SMILES string of the molecule is CCN(CC)S(=O)(=O)c1ccc2c(c1)CCN2C(=O)CCc1cccc(Br)c1. The minimum atomic E-state index is -3.49. The molecule has 0 bridgehead atoms. The summed E-state index contributed by atoms with van der Waals surface area (Å²) in [6.07, 6.45) is 1.79. The number of rotatable bonds is 7. The van der Waals surface area contributed by atoms with Crippen LogP contribution in [0.25, 0.3) is 0 Å². The second kappa shape index (κ2) is 8.76. The molecule has 150 valence electrons. The Hall–Kier alpha value is -1.70. The number of hydrogen-bond acceptors (Lipinski definition) is 3. The van der Waals surface area contributed by atoms with Gasteiger partial charge in [0.25, 0.3) is 0 Å². The first kappa shape index (κ1) is 21.0. The Morgan fingerprint density at radius 1 is 1.14 bits per heavy atom. The molecule has 28 heavy (non-hydrogen) atoms. The number of sulfonamides is 1. The Morgan fingerprint density at radius 2 is 1.89 bits per heavy atom. The lowest BCUT2D eigenvalue weighted by Crippen LogP contribution is -2.30. The lowest BCUT2D eigenvalue weighted by molar-refractivity contribution is -0.118. The van der Waals surface area contributed by atoms with Crippen LogP contribution in [0, 0.1) is 0 Å². The van der Waals surface area contributed by atoms with Gasteiger partial charge in [-0.25, -0.2) is 8.42 Å². The van der Waals surface area contributed by atoms with Crippen molar-refractivity contribution in [1.29, 1.82) is 0 Å². The Balaban J connectivity index is 1.74. The molecule has 3 rings (SSSR count). The zero-order chi connectivity index (χ0) is 20.3. The molecule has 1 heterocycles. The molecule has 2 aromatic carbocycles. The summed E-state index contributed by atoms with van der Waals surface area (Å²) < 4.78 is 27.9. The van der Waals surface area contributed by atoms with Gasteiger partial charge >= 0.3 is 0 Å². The molecular formula is C21H25BrN2O3S. The largest absolute Gasteiger partial charge is 0.312 e. The van der Waals surface area contributed by atoms with E-state index >= 15 is 0 Å². The van der Waals surface area contributed by atoms with E-state index in [4.69, 9.17) is 0 Å². The Morgan fingerprint density at radius 3 is 2.57 bits per heavy atom. The lowest BCUT2D eigenvalue weighted by atomic mass is 10.1. The summed E-state index contributed by atoms with van der Waals surface area (Å²) in [5, 5.41) is 0. The van der Waals surface area contributed by atoms with Crippen molar-refractivity contribution in [2.75, 3.05) is 24.5 Å². The van der Waals surface area contributed by atoms with Crippen molar-refractivity contribution in [2.45, 2.75) is 38.0 Å². The highest BCUT2D eigenvalue weighted by Crippen LogP contribution is 2.31. The number of amides is 1. The highest BCUT2D eigenvalue weighted by atomic mass is 79.9. The molecular weight excluding hydrogens is 440 g/mol. The van der Waals surface area contributed by atoms with Crippen LogP contribution >= 0.6 is 15.9 Å². The molecule has 0 atom stereocenters. The fourth-order valence-corrected chi connectivity index (χ4v) is 5.54. The summed E-state index contributed by atoms with van der Waals surface area (Å²) in [6, 6.07) is 13.1. The summed E-state index contributed by atoms with van der Waals surface area (Å²) in [5.74, 6) is 0.0677. The van der Waals surface area contributed by atoms with Crippen LogP contribution in [0.4, 0.5) is 5.69 Å². The molecule has 0 saturated carbocycles. The van der Waals surface area contributed by atoms with E-state index in [1.807, 2.05) is 38.1 Å². The van der Waals surface area contributed by atoms with Gasteiger partial charge in [-0.05, 0) is 54.3 Å². The first-order valence-corrected chi connectivity index (χ1v) is 11.8. The molecule has 0 N–H and O–H groups in total. The monoisotopic (exact) mass is 464 g/mol. The van der Waals surface area contributed by atoms with E-state index in [9.17, 15) is 13.2 Å². The van der Waals surface area contributed by atoms with E-state index in [1.165, 1.54) is 4.31 Å². The first-order chi connectivity index (χ1) is 13.4. The van der Waals surface area contributed by atoms with E-state index in [2.05, 4.69) is 15.9 Å². The number of carbonyl (C=O) groups excluding carboxylic acids is 1. The number of nitrogens with zero attached hydrogens (tertiary/aromatic N) is 2. The fourth-order valence-electron chi connectivity index (χ4n) is 3.59. The lowest BCUT2D eigenvalue weighted by Gasteiger charge is -2.20. The van der Waals surface area contributed by atoms with Gasteiger partial charge in [0.1, 0.15) is 0 Å². The average Bonchev–Trinajstić information content (AvgIpc) is 3.10. The third-order valence-corrected chi connectivity index (χ3v) is 7.65. The number of carbonyl (C=O) groups is 1. The predicted molar refractivity (Wildman–Crippen MR) is 115 cm³/mol. The van der Waals surface area contributed by atoms with Crippen molar-refractivity contribution in [2.24, 2.45) is 0 Å². The van der Waals surface area contributed by atoms with Crippen molar-refractivity contribution in [3.8, 4) is 0 Å². The number of benzene rings is 2. The summed E-state index contributed by atoms with van der Waals surface area (Å²) in [6.45, 7) is 5.15. The molecule has 0 aromatic heterocycles. The van der Waals surface area contributed by atoms with E-state index in [0.717, 1.165) is 21.3 Å². The third-order valence-electron chi connectivity index (χ3n) is 5.11. The van der Waals surface area contributed by atoms with Crippen molar-refractivity contribution in [1.82, 2.24) is 4.31 Å². The minimum Gasteiger partial charge on any atom is -0.312 e. The van der Waals surface area contributed by atoms with Gasteiger partial charge in [-0.2, -0.15) is 4.31 Å². The van der Waals surface area contributed by atoms with Gasteiger partial charge in [-0.1, -0.05) is 41.9 Å². The molecule has 0 saturated heterocycles. The Labute approximate surface area is 175 Å². The highest BCUT2D eigenvalue weighted by Gasteiger charge is 2.28. The van der Waals surface area contributed by atoms with Gasteiger partial charge in [-0.15, -0.1) is 0 Å². The van der Waals surface area contributed by atoms with Crippen LogP contribution in [-0.2, 0) is 27.7 Å². The smallest absolute Gasteiger partial charge is 0.243 e. The molecule has 2 aromatic rings. The number of aryl methyl sites for hydroxylation is 1. The average molecular weight is 465 g/mol. The van der Waals surface area contributed by atoms with E-state index in [-0.39, 0.29) is 5.91 Å². The molecule has 5 nitrogen and oxygen atoms in total. The van der Waals surface area contributed by atoms with Crippen LogP contribution < -0.4 is 4.90 Å². The minimum absolute atomic E-state index is 0.0677. The predicted octanol–water partition coefficient (Wildman–Crippen LogP) is 4.00. The van der Waals surface area contributed by atoms with Crippen LogP contribution in [0.2, 0.25) is 0 Å². The van der Waals surface area contributed by atoms with Gasteiger partial charge in [0.15, 0.2) is 0 Å². The second-order valence-electron chi connectivity index (χ2n) is 6.81. The third kappa shape index (κ3) is 4.31. The second-order valence-corrected chi connectivity index (χ2v) is 9.66. The molecule has 1 amide bonds. The zero-order valence-corrected chi connectivity index (χ0v) is 18.6. The Kier molecular flexibility index (Phi) is 6.58. The van der Waals surface area contributed by atoms with Crippen molar-refractivity contribution < 1.29 is 13.2 Å². The molecule has 0 fully saturated rings. The van der Waals surface area contributed by atoms with E-state index in [0.29, 0.717) is 43.8 Å². The number of anilines is 1. The maximum atomic E-state index is 12.7. The van der Waals surface area contributed by atoms with Gasteiger partial charge in [-0.3, -0.25) is 4.79 Å². The molecule has 0 aliphatic carbocycles. The highest BCUT2D eigenvalue weighted by molar-refractivity contribution is 9.10. The summed E-state index contributed by atoms with van der Waals surface area (Å²) in [5.41, 5.74) is 2.87. The van der Waals surface area contributed by atoms with E-state index in [1.54, 1.807) is 23.1 Å². The number of fused-ring (bicyclic) bond motifs is 1. The maximum absolute atomic E-state index is 12.7. The molecule has 0 radical (unpaired) electrons.